The lowest BCUT2D eigenvalue weighted by atomic mass is 9.71. The first-order valence-corrected chi connectivity index (χ1v) is 14.7. The number of hydrogen-bond acceptors (Lipinski definition) is 6. The van der Waals surface area contributed by atoms with E-state index in [1.54, 1.807) is 0 Å². The highest BCUT2D eigenvalue weighted by Gasteiger charge is 2.73. The number of rotatable bonds is 6. The van der Waals surface area contributed by atoms with Crippen LogP contribution in [0.3, 0.4) is 0 Å². The molecule has 16 heteroatoms. The van der Waals surface area contributed by atoms with Crippen molar-refractivity contribution in [1.82, 2.24) is 0 Å². The van der Waals surface area contributed by atoms with Gasteiger partial charge in [0.15, 0.2) is 0 Å². The van der Waals surface area contributed by atoms with Gasteiger partial charge < -0.3 is 10.2 Å². The Kier molecular flexibility index (Phi) is 8.03. The van der Waals surface area contributed by atoms with Gasteiger partial charge in [0.1, 0.15) is 0 Å². The number of carbonyl (C=O) groups excluding carboxylic acids is 4. The van der Waals surface area contributed by atoms with Gasteiger partial charge in [-0.3, -0.25) is 19.2 Å². The molecule has 10 nitrogen and oxygen atoms in total. The molecule has 4 aromatic rings. The number of fused-ring (bicyclic) bond motifs is 2. The van der Waals surface area contributed by atoms with Crippen LogP contribution in [0.5, 0.6) is 0 Å². The summed E-state index contributed by atoms with van der Waals surface area (Å²) in [5.74, 6) is -3.99. The first-order chi connectivity index (χ1) is 24.8. The molecule has 2 aliphatic rings. The van der Waals surface area contributed by atoms with E-state index in [9.17, 15) is 39.0 Å². The number of terminal acetylenes is 2. The average molecular weight is 731 g/mol. The SMILES string of the molecule is C#Cc1cc(C(=O)O)cc(N2C(=O)c3ccc(C(c4ccc5c(c4)C(=O)N(c4cc(C#C)cc(C(=O)O)c4)C5=O)(C(F)(F)F)C(F)(F)F)cc3C2=O)c1. The number of anilines is 2. The summed E-state index contributed by atoms with van der Waals surface area (Å²) in [6.07, 6.45) is -1.81. The Morgan fingerprint density at radius 3 is 1.17 bits per heavy atom. The normalized spacial score (nSPS) is 14.2. The highest BCUT2D eigenvalue weighted by molar-refractivity contribution is 6.35. The Morgan fingerprint density at radius 2 is 0.868 bits per heavy atom. The van der Waals surface area contributed by atoms with E-state index in [2.05, 4.69) is 11.8 Å². The summed E-state index contributed by atoms with van der Waals surface area (Å²) < 4.78 is 91.1. The van der Waals surface area contributed by atoms with Crippen molar-refractivity contribution in [2.24, 2.45) is 0 Å². The molecular weight excluding hydrogens is 714 g/mol. The fraction of sp³-hybridized carbons (Fsp3) is 0.0811. The quantitative estimate of drug-likeness (QED) is 0.138. The monoisotopic (exact) mass is 730 g/mol. The number of hydrogen-bond donors (Lipinski definition) is 2. The highest BCUT2D eigenvalue weighted by Crippen LogP contribution is 2.57. The van der Waals surface area contributed by atoms with Crippen molar-refractivity contribution in [2.75, 3.05) is 9.80 Å². The van der Waals surface area contributed by atoms with Crippen LogP contribution >= 0.6 is 0 Å². The molecule has 0 fully saturated rings. The van der Waals surface area contributed by atoms with E-state index in [0.717, 1.165) is 36.4 Å². The van der Waals surface area contributed by atoms with Crippen molar-refractivity contribution in [1.29, 1.82) is 0 Å². The fourth-order valence-electron chi connectivity index (χ4n) is 6.29. The predicted octanol–water partition coefficient (Wildman–Crippen LogP) is 6.06. The molecular formula is C37H16F6N2O8. The summed E-state index contributed by atoms with van der Waals surface area (Å²) in [6, 6.07) is 8.13. The number of carbonyl (C=O) groups is 6. The van der Waals surface area contributed by atoms with Crippen LogP contribution in [0.1, 0.15) is 84.4 Å². The molecule has 264 valence electrons. The van der Waals surface area contributed by atoms with Crippen LogP contribution in [-0.2, 0) is 5.41 Å². The molecule has 0 aromatic heterocycles. The first kappa shape index (κ1) is 35.6. The molecule has 2 N–H and O–H groups in total. The van der Waals surface area contributed by atoms with Gasteiger partial charge in [0.25, 0.3) is 23.6 Å². The van der Waals surface area contributed by atoms with Crippen LogP contribution in [-0.4, -0.2) is 58.1 Å². The molecule has 2 aliphatic heterocycles. The number of benzene rings is 4. The minimum Gasteiger partial charge on any atom is -0.478 e. The zero-order valence-corrected chi connectivity index (χ0v) is 26.1. The maximum Gasteiger partial charge on any atom is 0.411 e. The van der Waals surface area contributed by atoms with Gasteiger partial charge in [0.2, 0.25) is 5.41 Å². The summed E-state index contributed by atoms with van der Waals surface area (Å²) in [6.45, 7) is 0. The van der Waals surface area contributed by atoms with Gasteiger partial charge in [0.05, 0.1) is 44.8 Å². The van der Waals surface area contributed by atoms with Gasteiger partial charge in [-0.2, -0.15) is 26.3 Å². The maximum atomic E-state index is 15.2. The van der Waals surface area contributed by atoms with Crippen LogP contribution in [0.2, 0.25) is 0 Å². The summed E-state index contributed by atoms with van der Waals surface area (Å²) in [5, 5.41) is 18.9. The summed E-state index contributed by atoms with van der Waals surface area (Å²) >= 11 is 0. The van der Waals surface area contributed by atoms with E-state index in [1.807, 2.05) is 0 Å². The van der Waals surface area contributed by atoms with Crippen LogP contribution < -0.4 is 9.80 Å². The molecule has 0 atom stereocenters. The van der Waals surface area contributed by atoms with E-state index in [1.165, 1.54) is 0 Å². The summed E-state index contributed by atoms with van der Waals surface area (Å²) in [7, 11) is 0. The van der Waals surface area contributed by atoms with Crippen molar-refractivity contribution in [3.8, 4) is 24.7 Å². The highest BCUT2D eigenvalue weighted by atomic mass is 19.4. The lowest BCUT2D eigenvalue weighted by Crippen LogP contribution is -2.55. The molecule has 0 unspecified atom stereocenters. The number of carboxylic acid groups (broad SMARTS) is 2. The van der Waals surface area contributed by atoms with Crippen LogP contribution in [0.25, 0.3) is 0 Å². The van der Waals surface area contributed by atoms with E-state index in [4.69, 9.17) is 12.8 Å². The van der Waals surface area contributed by atoms with Crippen LogP contribution in [0.15, 0.2) is 72.8 Å². The zero-order valence-electron chi connectivity index (χ0n) is 26.1. The third kappa shape index (κ3) is 5.27. The largest absolute Gasteiger partial charge is 0.478 e. The van der Waals surface area contributed by atoms with Crippen LogP contribution in [0, 0.1) is 24.7 Å². The third-order valence-corrected chi connectivity index (χ3v) is 8.67. The van der Waals surface area contributed by atoms with Gasteiger partial charge in [-0.1, -0.05) is 24.0 Å². The summed E-state index contributed by atoms with van der Waals surface area (Å²) in [4.78, 5) is 77.6. The van der Waals surface area contributed by atoms with Gasteiger partial charge in [-0.15, -0.1) is 12.8 Å². The minimum atomic E-state index is -6.25. The molecule has 0 aliphatic carbocycles. The Hall–Kier alpha value is -7.20. The molecule has 4 aromatic carbocycles. The van der Waals surface area contributed by atoms with Crippen LogP contribution in [0.4, 0.5) is 37.7 Å². The van der Waals surface area contributed by atoms with Gasteiger partial charge in [-0.25, -0.2) is 19.4 Å². The summed E-state index contributed by atoms with van der Waals surface area (Å²) in [5.41, 5.74) is -13.2. The molecule has 0 saturated heterocycles. The van der Waals surface area contributed by atoms with E-state index < -0.39 is 109 Å². The lowest BCUT2D eigenvalue weighted by Gasteiger charge is -2.38. The fourth-order valence-corrected chi connectivity index (χ4v) is 6.29. The van der Waals surface area contributed by atoms with Crippen molar-refractivity contribution >= 4 is 46.9 Å². The van der Waals surface area contributed by atoms with Crippen molar-refractivity contribution in [3.63, 3.8) is 0 Å². The average Bonchev–Trinajstić information content (AvgIpc) is 3.49. The van der Waals surface area contributed by atoms with E-state index >= 15 is 26.3 Å². The van der Waals surface area contributed by atoms with Crippen molar-refractivity contribution in [2.45, 2.75) is 17.8 Å². The minimum absolute atomic E-state index is 0.111. The Bertz CT molecular complexity index is 2300. The van der Waals surface area contributed by atoms with Gasteiger partial charge in [-0.05, 0) is 71.8 Å². The second-order valence-electron chi connectivity index (χ2n) is 11.6. The first-order valence-electron chi connectivity index (χ1n) is 14.7. The number of carboxylic acids is 2. The number of nitrogens with zero attached hydrogens (tertiary/aromatic N) is 2. The smallest absolute Gasteiger partial charge is 0.411 e. The Morgan fingerprint density at radius 1 is 0.528 bits per heavy atom. The number of alkyl halides is 6. The number of amides is 4. The molecule has 0 bridgehead atoms. The Labute approximate surface area is 292 Å². The molecule has 53 heavy (non-hydrogen) atoms. The lowest BCUT2D eigenvalue weighted by molar-refractivity contribution is -0.288. The number of halogens is 6. The standard InChI is InChI=1S/C37H16F6N2O8/c1-3-17-9-19(33(50)51)13-23(11-17)44-29(46)25-7-5-21(15-27(25)31(44)48)35(36(38,39)40,37(41,42)43)22-6-8-26-28(16-22)32(49)45(30(26)47)24-12-18(4-2)10-20(14-24)34(52)53/h1-2,5-16H,(H,50,51)(H,52,53). The third-order valence-electron chi connectivity index (χ3n) is 8.67. The van der Waals surface area contributed by atoms with E-state index in [0.29, 0.717) is 34.1 Å². The van der Waals surface area contributed by atoms with Crippen molar-refractivity contribution < 1.29 is 65.3 Å². The second-order valence-corrected chi connectivity index (χ2v) is 11.6. The molecule has 0 saturated carbocycles. The maximum absolute atomic E-state index is 15.2. The number of imide groups is 2. The second kappa shape index (κ2) is 12.0. The Balaban J connectivity index is 1.51. The van der Waals surface area contributed by atoms with E-state index in [-0.39, 0.29) is 23.3 Å². The number of aromatic carboxylic acids is 2. The molecule has 4 amide bonds. The zero-order chi connectivity index (χ0) is 38.9. The molecule has 6 rings (SSSR count). The topological polar surface area (TPSA) is 149 Å². The van der Waals surface area contributed by atoms with Crippen molar-refractivity contribution in [3.05, 3.63) is 128 Å². The predicted molar refractivity (Wildman–Crippen MR) is 171 cm³/mol. The molecule has 2 heterocycles. The molecule has 0 radical (unpaired) electrons. The van der Waals surface area contributed by atoms with Gasteiger partial charge >= 0.3 is 24.3 Å². The molecule has 0 spiro atoms. The van der Waals surface area contributed by atoms with Gasteiger partial charge in [0, 0.05) is 11.1 Å².